The van der Waals surface area contributed by atoms with Crippen molar-refractivity contribution in [1.82, 2.24) is 20.0 Å². The minimum absolute atomic E-state index is 0. The molecule has 0 bridgehead atoms. The van der Waals surface area contributed by atoms with E-state index in [9.17, 15) is 4.79 Å². The molecule has 0 saturated carbocycles. The molecule has 2 aromatic rings. The Kier molecular flexibility index (Phi) is 6.45. The van der Waals surface area contributed by atoms with Gasteiger partial charge in [-0.2, -0.15) is 0 Å². The van der Waals surface area contributed by atoms with Crippen molar-refractivity contribution in [2.24, 2.45) is 5.92 Å². The van der Waals surface area contributed by atoms with Crippen LogP contribution in [0.5, 0.6) is 0 Å². The lowest BCUT2D eigenvalue weighted by Crippen LogP contribution is -2.48. The molecule has 7 heteroatoms. The molecule has 2 aromatic heterocycles. The summed E-state index contributed by atoms with van der Waals surface area (Å²) in [5.41, 5.74) is 1.53. The average Bonchev–Trinajstić information content (AvgIpc) is 2.88. The molecule has 21 heavy (non-hydrogen) atoms. The highest BCUT2D eigenvalue weighted by molar-refractivity contribution is 5.94. The van der Waals surface area contributed by atoms with Crippen LogP contribution < -0.4 is 10.6 Å². The van der Waals surface area contributed by atoms with Crippen LogP contribution in [-0.4, -0.2) is 34.4 Å². The largest absolute Gasteiger partial charge is 0.349 e. The fourth-order valence-corrected chi connectivity index (χ4v) is 2.53. The first kappa shape index (κ1) is 17.8. The summed E-state index contributed by atoms with van der Waals surface area (Å²) in [7, 11) is 0. The van der Waals surface area contributed by atoms with Gasteiger partial charge in [-0.05, 0) is 37.6 Å². The molecule has 5 nitrogen and oxygen atoms in total. The number of amides is 1. The van der Waals surface area contributed by atoms with Gasteiger partial charge in [-0.3, -0.25) is 4.79 Å². The molecule has 2 atom stereocenters. The second kappa shape index (κ2) is 7.64. The Morgan fingerprint density at radius 3 is 3.00 bits per heavy atom. The van der Waals surface area contributed by atoms with Gasteiger partial charge in [0.25, 0.3) is 5.91 Å². The van der Waals surface area contributed by atoms with Gasteiger partial charge in [0.15, 0.2) is 0 Å². The SMILES string of the molecule is CC1CNCCC1NC(=O)c1ccc2nccn2c1.Cl.Cl. The van der Waals surface area contributed by atoms with E-state index < -0.39 is 0 Å². The highest BCUT2D eigenvalue weighted by Crippen LogP contribution is 2.12. The van der Waals surface area contributed by atoms with E-state index in [4.69, 9.17) is 0 Å². The zero-order chi connectivity index (χ0) is 13.2. The van der Waals surface area contributed by atoms with E-state index in [0.29, 0.717) is 11.5 Å². The predicted molar refractivity (Wildman–Crippen MR) is 87.6 cm³/mol. The van der Waals surface area contributed by atoms with Crippen LogP contribution in [0.25, 0.3) is 5.65 Å². The molecule has 1 saturated heterocycles. The standard InChI is InChI=1S/C14H18N4O.2ClH/c1-10-8-15-5-4-12(10)17-14(19)11-2-3-13-16-6-7-18(13)9-11;;/h2-3,6-7,9-10,12,15H,4-5,8H2,1H3,(H,17,19);2*1H. The van der Waals surface area contributed by atoms with Crippen LogP contribution in [-0.2, 0) is 0 Å². The number of fused-ring (bicyclic) bond motifs is 1. The first-order valence-electron chi connectivity index (χ1n) is 6.68. The number of carbonyl (C=O) groups is 1. The minimum atomic E-state index is -0.00523. The third kappa shape index (κ3) is 3.87. The zero-order valence-electron chi connectivity index (χ0n) is 11.8. The van der Waals surface area contributed by atoms with Gasteiger partial charge in [0.1, 0.15) is 5.65 Å². The maximum Gasteiger partial charge on any atom is 0.253 e. The first-order chi connectivity index (χ1) is 9.24. The fraction of sp³-hybridized carbons (Fsp3) is 0.429. The molecule has 0 aliphatic carbocycles. The van der Waals surface area contributed by atoms with E-state index in [0.717, 1.165) is 25.2 Å². The van der Waals surface area contributed by atoms with Gasteiger partial charge in [0.2, 0.25) is 0 Å². The Labute approximate surface area is 136 Å². The lowest BCUT2D eigenvalue weighted by molar-refractivity contribution is 0.0914. The summed E-state index contributed by atoms with van der Waals surface area (Å²) in [5, 5.41) is 6.46. The number of nitrogens with zero attached hydrogens (tertiary/aromatic N) is 2. The molecular formula is C14H20Cl2N4O. The first-order valence-corrected chi connectivity index (χ1v) is 6.68. The number of imidazole rings is 1. The fourth-order valence-electron chi connectivity index (χ4n) is 2.53. The van der Waals surface area contributed by atoms with Gasteiger partial charge in [0.05, 0.1) is 5.56 Å². The minimum Gasteiger partial charge on any atom is -0.349 e. The molecule has 1 amide bonds. The Hall–Kier alpha value is -1.30. The third-order valence-corrected chi connectivity index (χ3v) is 3.75. The predicted octanol–water partition coefficient (Wildman–Crippen LogP) is 1.91. The normalized spacial score (nSPS) is 21.2. The second-order valence-corrected chi connectivity index (χ2v) is 5.16. The topological polar surface area (TPSA) is 58.4 Å². The van der Waals surface area contributed by atoms with Crippen LogP contribution >= 0.6 is 24.8 Å². The van der Waals surface area contributed by atoms with Crippen molar-refractivity contribution in [3.05, 3.63) is 36.3 Å². The molecule has 0 aromatic carbocycles. The lowest BCUT2D eigenvalue weighted by atomic mass is 9.95. The van der Waals surface area contributed by atoms with Crippen molar-refractivity contribution < 1.29 is 4.79 Å². The Morgan fingerprint density at radius 2 is 2.24 bits per heavy atom. The van der Waals surface area contributed by atoms with Crippen molar-refractivity contribution in [3.8, 4) is 0 Å². The molecule has 3 rings (SSSR count). The van der Waals surface area contributed by atoms with Crippen molar-refractivity contribution in [2.75, 3.05) is 13.1 Å². The second-order valence-electron chi connectivity index (χ2n) is 5.16. The van der Waals surface area contributed by atoms with Gasteiger partial charge in [-0.15, -0.1) is 24.8 Å². The van der Waals surface area contributed by atoms with Gasteiger partial charge in [0, 0.05) is 24.6 Å². The number of carbonyl (C=O) groups excluding carboxylic acids is 1. The van der Waals surface area contributed by atoms with E-state index in [1.165, 1.54) is 0 Å². The molecule has 1 aliphatic heterocycles. The maximum atomic E-state index is 12.3. The lowest BCUT2D eigenvalue weighted by Gasteiger charge is -2.30. The van der Waals surface area contributed by atoms with Crippen LogP contribution in [0.4, 0.5) is 0 Å². The van der Waals surface area contributed by atoms with E-state index in [-0.39, 0.29) is 36.8 Å². The van der Waals surface area contributed by atoms with Crippen molar-refractivity contribution in [1.29, 1.82) is 0 Å². The quantitative estimate of drug-likeness (QED) is 0.884. The number of hydrogen-bond donors (Lipinski definition) is 2. The smallest absolute Gasteiger partial charge is 0.253 e. The average molecular weight is 331 g/mol. The summed E-state index contributed by atoms with van der Waals surface area (Å²) in [6, 6.07) is 3.94. The van der Waals surface area contributed by atoms with Gasteiger partial charge < -0.3 is 15.0 Å². The maximum absolute atomic E-state index is 12.3. The number of aromatic nitrogens is 2. The van der Waals surface area contributed by atoms with E-state index >= 15 is 0 Å². The van der Waals surface area contributed by atoms with Crippen LogP contribution in [0.1, 0.15) is 23.7 Å². The van der Waals surface area contributed by atoms with Crippen molar-refractivity contribution in [3.63, 3.8) is 0 Å². The number of nitrogens with one attached hydrogen (secondary N) is 2. The summed E-state index contributed by atoms with van der Waals surface area (Å²) in [5.74, 6) is 0.462. The zero-order valence-corrected chi connectivity index (χ0v) is 13.4. The van der Waals surface area contributed by atoms with Gasteiger partial charge in [-0.1, -0.05) is 6.92 Å². The van der Waals surface area contributed by atoms with Crippen molar-refractivity contribution >= 4 is 36.4 Å². The summed E-state index contributed by atoms with van der Waals surface area (Å²) < 4.78 is 1.86. The molecular weight excluding hydrogens is 311 g/mol. The molecule has 0 spiro atoms. The Balaban J connectivity index is 0.00000110. The van der Waals surface area contributed by atoms with E-state index in [1.54, 1.807) is 6.20 Å². The number of rotatable bonds is 2. The monoisotopic (exact) mass is 330 g/mol. The van der Waals surface area contributed by atoms with Crippen LogP contribution in [0.2, 0.25) is 0 Å². The Morgan fingerprint density at radius 1 is 1.43 bits per heavy atom. The summed E-state index contributed by atoms with van der Waals surface area (Å²) >= 11 is 0. The van der Waals surface area contributed by atoms with Crippen LogP contribution in [0, 0.1) is 5.92 Å². The Bertz CT molecular complexity index is 601. The number of hydrogen-bond acceptors (Lipinski definition) is 3. The molecule has 2 N–H and O–H groups in total. The van der Waals surface area contributed by atoms with E-state index in [1.807, 2.05) is 28.9 Å². The highest BCUT2D eigenvalue weighted by atomic mass is 35.5. The number of halogens is 2. The number of pyridine rings is 1. The third-order valence-electron chi connectivity index (χ3n) is 3.75. The summed E-state index contributed by atoms with van der Waals surface area (Å²) in [4.78, 5) is 16.4. The van der Waals surface area contributed by atoms with Crippen molar-refractivity contribution in [2.45, 2.75) is 19.4 Å². The molecule has 1 fully saturated rings. The molecule has 116 valence electrons. The van der Waals surface area contributed by atoms with Crippen LogP contribution in [0.3, 0.4) is 0 Å². The highest BCUT2D eigenvalue weighted by Gasteiger charge is 2.23. The molecule has 1 aliphatic rings. The van der Waals surface area contributed by atoms with E-state index in [2.05, 4.69) is 22.5 Å². The van der Waals surface area contributed by atoms with Gasteiger partial charge in [-0.25, -0.2) is 4.98 Å². The van der Waals surface area contributed by atoms with Gasteiger partial charge >= 0.3 is 0 Å². The summed E-state index contributed by atoms with van der Waals surface area (Å²) in [6.07, 6.45) is 6.38. The molecule has 0 radical (unpaired) electrons. The number of piperidine rings is 1. The molecule has 3 heterocycles. The molecule has 2 unspecified atom stereocenters. The summed E-state index contributed by atoms with van der Waals surface area (Å²) in [6.45, 7) is 4.09. The van der Waals surface area contributed by atoms with Crippen LogP contribution in [0.15, 0.2) is 30.7 Å².